The molecule has 0 saturated carbocycles. The number of quaternary nitrogens is 1. The molecule has 1 fully saturated rings. The maximum atomic E-state index is 11.7. The SMILES string of the molecule is O=C1Cc2cc(NC3=N[N+]4(c5ccccc5N5CCOCC5)C=CN=CC4=N3)ccc2N1. The van der Waals surface area contributed by atoms with E-state index in [1.807, 2.05) is 36.5 Å². The van der Waals surface area contributed by atoms with Gasteiger partial charge in [-0.25, -0.2) is 0 Å². The number of rotatable bonds is 3. The van der Waals surface area contributed by atoms with Crippen LogP contribution in [0.4, 0.5) is 22.7 Å². The van der Waals surface area contributed by atoms with Crippen molar-refractivity contribution >= 4 is 46.7 Å². The molecular weight excluding hydrogens is 406 g/mol. The van der Waals surface area contributed by atoms with Gasteiger partial charge in [0.1, 0.15) is 11.9 Å². The van der Waals surface area contributed by atoms with Crippen molar-refractivity contribution in [3.05, 3.63) is 60.4 Å². The van der Waals surface area contributed by atoms with E-state index in [4.69, 9.17) is 14.8 Å². The molecule has 6 rings (SSSR count). The van der Waals surface area contributed by atoms with Gasteiger partial charge in [-0.3, -0.25) is 9.79 Å². The maximum Gasteiger partial charge on any atom is 0.287 e. The van der Waals surface area contributed by atoms with Gasteiger partial charge in [0.15, 0.2) is 11.9 Å². The molecular formula is C23H22N7O2+. The second kappa shape index (κ2) is 7.40. The monoisotopic (exact) mass is 428 g/mol. The van der Waals surface area contributed by atoms with Crippen LogP contribution in [0.5, 0.6) is 0 Å². The molecule has 4 heterocycles. The van der Waals surface area contributed by atoms with Gasteiger partial charge in [-0.1, -0.05) is 16.7 Å². The van der Waals surface area contributed by atoms with E-state index >= 15 is 0 Å². The quantitative estimate of drug-likeness (QED) is 0.736. The van der Waals surface area contributed by atoms with Crippen molar-refractivity contribution < 1.29 is 9.53 Å². The molecule has 4 aliphatic heterocycles. The highest BCUT2D eigenvalue weighted by molar-refractivity contribution is 6.38. The van der Waals surface area contributed by atoms with Crippen molar-refractivity contribution in [3.63, 3.8) is 0 Å². The number of fused-ring (bicyclic) bond motifs is 2. The summed E-state index contributed by atoms with van der Waals surface area (Å²) in [4.78, 5) is 23.0. The summed E-state index contributed by atoms with van der Waals surface area (Å²) in [5.41, 5.74) is 4.78. The Kier molecular flexibility index (Phi) is 4.37. The summed E-state index contributed by atoms with van der Waals surface area (Å²) >= 11 is 0. The largest absolute Gasteiger partial charge is 0.378 e. The molecule has 1 unspecified atom stereocenters. The minimum atomic E-state index is 0.0123. The molecule has 4 aliphatic rings. The zero-order chi connectivity index (χ0) is 21.5. The van der Waals surface area contributed by atoms with Gasteiger partial charge in [0.2, 0.25) is 5.91 Å². The number of guanidine groups is 1. The standard InChI is InChI=1S/C23H21N7O2/c31-22-14-16-13-17(5-6-18(16)26-22)25-23-27-21-15-24-7-10-30(21,28-23)20-4-2-1-3-19(20)29-8-11-32-12-9-29/h1-7,10,13,15H,8-9,11-12,14H2,(H-,24,25,26,27,28,31)/p+1. The number of nitrogens with one attached hydrogen (secondary N) is 2. The zero-order valence-electron chi connectivity index (χ0n) is 17.4. The molecule has 2 aromatic carbocycles. The van der Waals surface area contributed by atoms with Gasteiger partial charge < -0.3 is 20.3 Å². The van der Waals surface area contributed by atoms with E-state index in [9.17, 15) is 4.79 Å². The molecule has 1 saturated heterocycles. The molecule has 1 atom stereocenters. The van der Waals surface area contributed by atoms with E-state index in [2.05, 4.69) is 32.7 Å². The minimum Gasteiger partial charge on any atom is -0.378 e. The summed E-state index contributed by atoms with van der Waals surface area (Å²) in [7, 11) is 0. The number of hydrogen-bond acceptors (Lipinski definition) is 7. The molecule has 32 heavy (non-hydrogen) atoms. The van der Waals surface area contributed by atoms with Crippen molar-refractivity contribution in [3.8, 4) is 0 Å². The summed E-state index contributed by atoms with van der Waals surface area (Å²) in [6, 6.07) is 14.1. The van der Waals surface area contributed by atoms with Crippen LogP contribution >= 0.6 is 0 Å². The van der Waals surface area contributed by atoms with Crippen LogP contribution in [0.2, 0.25) is 0 Å². The maximum absolute atomic E-state index is 11.7. The molecule has 0 radical (unpaired) electrons. The molecule has 160 valence electrons. The van der Waals surface area contributed by atoms with Gasteiger partial charge in [-0.2, -0.15) is 4.99 Å². The number of amidine groups is 1. The van der Waals surface area contributed by atoms with Gasteiger partial charge in [0.25, 0.3) is 11.8 Å². The Morgan fingerprint density at radius 3 is 2.91 bits per heavy atom. The number of para-hydroxylation sites is 2. The lowest BCUT2D eigenvalue weighted by Gasteiger charge is -2.33. The van der Waals surface area contributed by atoms with Crippen LogP contribution in [0.25, 0.3) is 0 Å². The average Bonchev–Trinajstić information content (AvgIpc) is 3.39. The third-order valence-electron chi connectivity index (χ3n) is 5.97. The van der Waals surface area contributed by atoms with Gasteiger partial charge in [-0.05, 0) is 34.9 Å². The Labute approximate surface area is 185 Å². The summed E-state index contributed by atoms with van der Waals surface area (Å²) in [6.45, 7) is 3.08. The Morgan fingerprint density at radius 1 is 1.12 bits per heavy atom. The van der Waals surface area contributed by atoms with Gasteiger partial charge in [0, 0.05) is 30.5 Å². The number of benzene rings is 2. The number of carbonyl (C=O) groups is 1. The first-order chi connectivity index (χ1) is 15.7. The van der Waals surface area contributed by atoms with Crippen molar-refractivity contribution in [1.29, 1.82) is 0 Å². The average molecular weight is 428 g/mol. The zero-order valence-corrected chi connectivity index (χ0v) is 17.4. The fourth-order valence-electron chi connectivity index (χ4n) is 4.45. The fourth-order valence-corrected chi connectivity index (χ4v) is 4.45. The topological polar surface area (TPSA) is 90.7 Å². The van der Waals surface area contributed by atoms with E-state index in [1.165, 1.54) is 0 Å². The van der Waals surface area contributed by atoms with E-state index in [0.717, 1.165) is 41.4 Å². The number of amides is 1. The highest BCUT2D eigenvalue weighted by atomic mass is 16.5. The van der Waals surface area contributed by atoms with Gasteiger partial charge in [-0.15, -0.1) is 0 Å². The van der Waals surface area contributed by atoms with Crippen LogP contribution in [0.15, 0.2) is 70.0 Å². The van der Waals surface area contributed by atoms with Crippen molar-refractivity contribution in [2.24, 2.45) is 15.1 Å². The van der Waals surface area contributed by atoms with E-state index < -0.39 is 0 Å². The third-order valence-corrected chi connectivity index (χ3v) is 5.97. The number of nitrogens with zero attached hydrogens (tertiary/aromatic N) is 5. The molecule has 2 N–H and O–H groups in total. The normalized spacial score (nSPS) is 23.4. The molecule has 0 aromatic heterocycles. The van der Waals surface area contributed by atoms with E-state index in [-0.39, 0.29) is 10.5 Å². The molecule has 0 spiro atoms. The molecule has 1 amide bonds. The van der Waals surface area contributed by atoms with Crippen LogP contribution in [-0.2, 0) is 16.0 Å². The second-order valence-corrected chi connectivity index (χ2v) is 7.97. The number of hydrogen-bond donors (Lipinski definition) is 2. The Balaban J connectivity index is 1.37. The first-order valence-corrected chi connectivity index (χ1v) is 10.6. The van der Waals surface area contributed by atoms with Crippen molar-refractivity contribution in [1.82, 2.24) is 4.59 Å². The van der Waals surface area contributed by atoms with Crippen LogP contribution in [0.3, 0.4) is 0 Å². The van der Waals surface area contributed by atoms with E-state index in [1.54, 1.807) is 12.4 Å². The van der Waals surface area contributed by atoms with Crippen molar-refractivity contribution in [2.75, 3.05) is 41.8 Å². The van der Waals surface area contributed by atoms with Gasteiger partial charge in [0.05, 0.1) is 25.8 Å². The smallest absolute Gasteiger partial charge is 0.287 e. The Bertz CT molecular complexity index is 1230. The predicted molar refractivity (Wildman–Crippen MR) is 126 cm³/mol. The van der Waals surface area contributed by atoms with E-state index in [0.29, 0.717) is 31.4 Å². The highest BCUT2D eigenvalue weighted by Gasteiger charge is 2.45. The van der Waals surface area contributed by atoms with Crippen LogP contribution in [0, 0.1) is 0 Å². The van der Waals surface area contributed by atoms with Gasteiger partial charge >= 0.3 is 0 Å². The Morgan fingerprint density at radius 2 is 2.00 bits per heavy atom. The Hall–Kier alpha value is -3.82. The number of aliphatic imine (C=N–C) groups is 2. The lowest BCUT2D eigenvalue weighted by atomic mass is 10.1. The summed E-state index contributed by atoms with van der Waals surface area (Å²) in [5, 5.41) is 11.2. The molecule has 0 bridgehead atoms. The number of ether oxygens (including phenoxy) is 1. The highest BCUT2D eigenvalue weighted by Crippen LogP contribution is 2.39. The third kappa shape index (κ3) is 3.10. The first-order valence-electron chi connectivity index (χ1n) is 10.6. The summed E-state index contributed by atoms with van der Waals surface area (Å²) < 4.78 is 5.66. The summed E-state index contributed by atoms with van der Waals surface area (Å²) in [6.07, 6.45) is 5.83. The minimum absolute atomic E-state index is 0.0123. The van der Waals surface area contributed by atoms with Crippen LogP contribution in [-0.4, -0.2) is 50.2 Å². The van der Waals surface area contributed by atoms with Crippen molar-refractivity contribution in [2.45, 2.75) is 6.42 Å². The molecule has 9 nitrogen and oxygen atoms in total. The lowest BCUT2D eigenvalue weighted by molar-refractivity contribution is -0.115. The predicted octanol–water partition coefficient (Wildman–Crippen LogP) is 2.68. The first kappa shape index (κ1) is 18.9. The number of carbonyl (C=O) groups excluding carboxylic acids is 1. The molecule has 2 aromatic rings. The summed E-state index contributed by atoms with van der Waals surface area (Å²) in [5.74, 6) is 1.22. The van der Waals surface area contributed by atoms with Crippen LogP contribution in [0.1, 0.15) is 5.56 Å². The fraction of sp³-hybridized carbons (Fsp3) is 0.217. The number of anilines is 3. The lowest BCUT2D eigenvalue weighted by Crippen LogP contribution is -2.46. The molecule has 9 heteroatoms. The van der Waals surface area contributed by atoms with Crippen LogP contribution < -0.4 is 20.1 Å². The second-order valence-electron chi connectivity index (χ2n) is 7.97. The number of morpholine rings is 1. The molecule has 0 aliphatic carbocycles.